The van der Waals surface area contributed by atoms with Crippen molar-refractivity contribution in [1.29, 1.82) is 0 Å². The molecule has 0 aliphatic heterocycles. The van der Waals surface area contributed by atoms with Crippen LogP contribution in [-0.2, 0) is 0 Å². The van der Waals surface area contributed by atoms with Crippen molar-refractivity contribution in [1.82, 2.24) is 0 Å². The van der Waals surface area contributed by atoms with E-state index in [2.05, 4.69) is 10.5 Å². The zero-order chi connectivity index (χ0) is 17.5. The van der Waals surface area contributed by atoms with Gasteiger partial charge < -0.3 is 9.47 Å². The van der Waals surface area contributed by atoms with E-state index in [1.54, 1.807) is 18.2 Å². The highest BCUT2D eigenvalue weighted by atomic mass is 35.5. The van der Waals surface area contributed by atoms with Crippen LogP contribution in [0, 0.1) is 5.82 Å². The second kappa shape index (κ2) is 8.76. The summed E-state index contributed by atoms with van der Waals surface area (Å²) >= 11 is 12.5. The number of hydrogen-bond acceptors (Lipinski definition) is 4. The molecule has 0 heterocycles. The van der Waals surface area contributed by atoms with Crippen LogP contribution >= 0.6 is 23.2 Å². The van der Waals surface area contributed by atoms with E-state index in [0.717, 1.165) is 0 Å². The molecule has 24 heavy (non-hydrogen) atoms. The molecule has 0 radical (unpaired) electrons. The largest absolute Gasteiger partial charge is 0.491 e. The number of nitrogens with one attached hydrogen (secondary N) is 1. The fourth-order valence-corrected chi connectivity index (χ4v) is 2.60. The number of anilines is 1. The van der Waals surface area contributed by atoms with Gasteiger partial charge in [-0.15, -0.1) is 0 Å². The second-order valence-electron chi connectivity index (χ2n) is 4.66. The second-order valence-corrected chi connectivity index (χ2v) is 5.45. The summed E-state index contributed by atoms with van der Waals surface area (Å²) in [7, 11) is 0. The van der Waals surface area contributed by atoms with Crippen molar-refractivity contribution in [3.05, 3.63) is 51.8 Å². The third kappa shape index (κ3) is 4.52. The Morgan fingerprint density at radius 1 is 1.08 bits per heavy atom. The Bertz CT molecular complexity index is 722. The maximum atomic E-state index is 12.9. The van der Waals surface area contributed by atoms with Gasteiger partial charge >= 0.3 is 0 Å². The monoisotopic (exact) mass is 370 g/mol. The van der Waals surface area contributed by atoms with E-state index in [9.17, 15) is 4.39 Å². The van der Waals surface area contributed by atoms with Gasteiger partial charge in [0.15, 0.2) is 11.5 Å². The molecule has 0 aliphatic carbocycles. The Balaban J connectivity index is 2.27. The van der Waals surface area contributed by atoms with Gasteiger partial charge in [-0.25, -0.2) is 4.39 Å². The average molecular weight is 371 g/mol. The number of benzene rings is 2. The topological polar surface area (TPSA) is 42.8 Å². The maximum absolute atomic E-state index is 12.9. The van der Waals surface area contributed by atoms with Gasteiger partial charge in [0.05, 0.1) is 30.1 Å². The van der Waals surface area contributed by atoms with Gasteiger partial charge in [0.2, 0.25) is 0 Å². The third-order valence-electron chi connectivity index (χ3n) is 2.98. The quantitative estimate of drug-likeness (QED) is 0.525. The van der Waals surface area contributed by atoms with Gasteiger partial charge in [0.25, 0.3) is 0 Å². The van der Waals surface area contributed by atoms with Crippen LogP contribution in [0.4, 0.5) is 10.1 Å². The van der Waals surface area contributed by atoms with E-state index >= 15 is 0 Å². The third-order valence-corrected chi connectivity index (χ3v) is 3.60. The summed E-state index contributed by atoms with van der Waals surface area (Å²) in [5, 5.41) is 4.78. The SMILES string of the molecule is CCOc1c(Cl)cc(C=NNc2ccc(F)cc2)c(OCC)c1Cl. The van der Waals surface area contributed by atoms with E-state index in [1.165, 1.54) is 18.3 Å². The van der Waals surface area contributed by atoms with Gasteiger partial charge in [0.1, 0.15) is 10.8 Å². The molecule has 128 valence electrons. The molecule has 0 unspecified atom stereocenters. The normalized spacial score (nSPS) is 10.9. The lowest BCUT2D eigenvalue weighted by atomic mass is 10.2. The zero-order valence-electron chi connectivity index (χ0n) is 13.3. The molecule has 2 aromatic rings. The molecule has 0 saturated heterocycles. The highest BCUT2D eigenvalue weighted by Crippen LogP contribution is 2.42. The predicted molar refractivity (Wildman–Crippen MR) is 96.4 cm³/mol. The van der Waals surface area contributed by atoms with Crippen LogP contribution in [0.15, 0.2) is 35.4 Å². The summed E-state index contributed by atoms with van der Waals surface area (Å²) in [5.41, 5.74) is 4.05. The van der Waals surface area contributed by atoms with Crippen LogP contribution in [-0.4, -0.2) is 19.4 Å². The zero-order valence-corrected chi connectivity index (χ0v) is 14.8. The summed E-state index contributed by atoms with van der Waals surface area (Å²) in [6.07, 6.45) is 1.53. The molecule has 0 aliphatic rings. The number of ether oxygens (including phenoxy) is 2. The molecule has 2 rings (SSSR count). The van der Waals surface area contributed by atoms with Gasteiger partial charge in [0, 0.05) is 5.56 Å². The fourth-order valence-electron chi connectivity index (χ4n) is 1.97. The van der Waals surface area contributed by atoms with E-state index in [-0.39, 0.29) is 5.82 Å². The minimum atomic E-state index is -0.312. The van der Waals surface area contributed by atoms with Crippen molar-refractivity contribution < 1.29 is 13.9 Å². The molecule has 0 amide bonds. The van der Waals surface area contributed by atoms with Crippen molar-refractivity contribution in [2.24, 2.45) is 5.10 Å². The Morgan fingerprint density at radius 2 is 1.71 bits per heavy atom. The van der Waals surface area contributed by atoms with E-state index in [0.29, 0.717) is 46.0 Å². The van der Waals surface area contributed by atoms with Crippen molar-refractivity contribution in [2.45, 2.75) is 13.8 Å². The Morgan fingerprint density at radius 3 is 2.33 bits per heavy atom. The Kier molecular flexibility index (Phi) is 6.70. The summed E-state index contributed by atoms with van der Waals surface area (Å²) in [5.74, 6) is 0.512. The van der Waals surface area contributed by atoms with Gasteiger partial charge in [-0.2, -0.15) is 5.10 Å². The van der Waals surface area contributed by atoms with Crippen LogP contribution < -0.4 is 14.9 Å². The standard InChI is InChI=1S/C17H17Cl2FN2O2/c1-3-23-16-11(9-14(18)17(15(16)19)24-4-2)10-21-22-13-7-5-12(20)6-8-13/h5-10,22H,3-4H2,1-2H3. The minimum Gasteiger partial charge on any atom is -0.491 e. The smallest absolute Gasteiger partial charge is 0.160 e. The lowest BCUT2D eigenvalue weighted by Crippen LogP contribution is -2.02. The van der Waals surface area contributed by atoms with Crippen LogP contribution in [0.3, 0.4) is 0 Å². The molecule has 0 atom stereocenters. The Labute approximate surface area is 150 Å². The first kappa shape index (κ1) is 18.4. The van der Waals surface area contributed by atoms with Gasteiger partial charge in [-0.1, -0.05) is 23.2 Å². The molecule has 0 saturated carbocycles. The fraction of sp³-hybridized carbons (Fsp3) is 0.235. The first-order valence-corrected chi connectivity index (χ1v) is 8.14. The molecule has 0 spiro atoms. The molecule has 7 heteroatoms. The van der Waals surface area contributed by atoms with Crippen molar-refractivity contribution in [3.63, 3.8) is 0 Å². The predicted octanol–water partition coefficient (Wildman–Crippen LogP) is 5.38. The first-order valence-electron chi connectivity index (χ1n) is 7.39. The van der Waals surface area contributed by atoms with E-state index in [1.807, 2.05) is 13.8 Å². The summed E-state index contributed by atoms with van der Waals surface area (Å²) in [4.78, 5) is 0. The van der Waals surface area contributed by atoms with E-state index < -0.39 is 0 Å². The highest BCUT2D eigenvalue weighted by molar-refractivity contribution is 6.38. The molecule has 0 aromatic heterocycles. The summed E-state index contributed by atoms with van der Waals surface area (Å²) in [6.45, 7) is 4.56. The molecule has 1 N–H and O–H groups in total. The molecular formula is C17H17Cl2FN2O2. The van der Waals surface area contributed by atoms with Gasteiger partial charge in [-0.3, -0.25) is 5.43 Å². The molecular weight excluding hydrogens is 354 g/mol. The molecule has 2 aromatic carbocycles. The number of nitrogens with zero attached hydrogens (tertiary/aromatic N) is 1. The van der Waals surface area contributed by atoms with Crippen LogP contribution in [0.2, 0.25) is 10.0 Å². The molecule has 0 fully saturated rings. The summed E-state index contributed by atoms with van der Waals surface area (Å²) in [6, 6.07) is 7.50. The van der Waals surface area contributed by atoms with Crippen LogP contribution in [0.25, 0.3) is 0 Å². The summed E-state index contributed by atoms with van der Waals surface area (Å²) < 4.78 is 23.9. The molecule has 0 bridgehead atoms. The van der Waals surface area contributed by atoms with Crippen molar-refractivity contribution in [2.75, 3.05) is 18.6 Å². The van der Waals surface area contributed by atoms with E-state index in [4.69, 9.17) is 32.7 Å². The number of halogens is 3. The lowest BCUT2D eigenvalue weighted by Gasteiger charge is -2.15. The average Bonchev–Trinajstić information content (AvgIpc) is 2.56. The van der Waals surface area contributed by atoms with Crippen molar-refractivity contribution >= 4 is 35.1 Å². The maximum Gasteiger partial charge on any atom is 0.160 e. The minimum absolute atomic E-state index is 0.300. The number of rotatable bonds is 7. The first-order chi connectivity index (χ1) is 11.6. The van der Waals surface area contributed by atoms with Gasteiger partial charge in [-0.05, 0) is 44.2 Å². The van der Waals surface area contributed by atoms with Crippen LogP contribution in [0.5, 0.6) is 11.5 Å². The number of hydrogen-bond donors (Lipinski definition) is 1. The lowest BCUT2D eigenvalue weighted by molar-refractivity contribution is 0.323. The van der Waals surface area contributed by atoms with Crippen molar-refractivity contribution in [3.8, 4) is 11.5 Å². The number of hydrazone groups is 1. The molecule has 4 nitrogen and oxygen atoms in total. The Hall–Kier alpha value is -1.98. The van der Waals surface area contributed by atoms with Crippen LogP contribution in [0.1, 0.15) is 19.4 Å². The highest BCUT2D eigenvalue weighted by Gasteiger charge is 2.17.